The van der Waals surface area contributed by atoms with E-state index in [-0.39, 0.29) is 17.7 Å². The van der Waals surface area contributed by atoms with Crippen molar-refractivity contribution in [3.05, 3.63) is 81.9 Å². The molecule has 0 saturated carbocycles. The molecule has 2 saturated heterocycles. The number of anilines is 1. The molecule has 0 unspecified atom stereocenters. The van der Waals surface area contributed by atoms with Gasteiger partial charge < -0.3 is 19.4 Å². The Balaban J connectivity index is 1.04. The predicted molar refractivity (Wildman–Crippen MR) is 158 cm³/mol. The van der Waals surface area contributed by atoms with E-state index in [0.29, 0.717) is 48.9 Å². The second-order valence-electron chi connectivity index (χ2n) is 10.3. The molecule has 6 rings (SSSR count). The Bertz CT molecular complexity index is 1610. The minimum atomic E-state index is -0.0948. The van der Waals surface area contributed by atoms with Gasteiger partial charge in [0.15, 0.2) is 0 Å². The highest BCUT2D eigenvalue weighted by atomic mass is 32.1. The summed E-state index contributed by atoms with van der Waals surface area (Å²) in [5.41, 5.74) is 3.33. The van der Waals surface area contributed by atoms with Crippen LogP contribution in [0.15, 0.2) is 60.0 Å². The molecule has 0 aliphatic carbocycles. The average molecular weight is 567 g/mol. The number of amides is 2. The fourth-order valence-electron chi connectivity index (χ4n) is 5.56. The smallest absolute Gasteiger partial charge is 0.273 e. The van der Waals surface area contributed by atoms with Gasteiger partial charge in [-0.1, -0.05) is 12.1 Å². The third-order valence-electron chi connectivity index (χ3n) is 7.92. The lowest BCUT2D eigenvalue weighted by Crippen LogP contribution is -2.48. The monoisotopic (exact) mass is 566 g/mol. The number of piperidine rings is 1. The van der Waals surface area contributed by atoms with E-state index in [1.165, 1.54) is 11.3 Å². The number of ether oxygens (including phenoxy) is 1. The summed E-state index contributed by atoms with van der Waals surface area (Å²) in [4.78, 5) is 41.8. The molecule has 0 atom stereocenters. The molecule has 41 heavy (non-hydrogen) atoms. The van der Waals surface area contributed by atoms with Gasteiger partial charge in [-0.25, -0.2) is 9.97 Å². The summed E-state index contributed by atoms with van der Waals surface area (Å²) in [6, 6.07) is 19.1. The van der Waals surface area contributed by atoms with Gasteiger partial charge in [0, 0.05) is 67.7 Å². The molecule has 2 amide bonds. The summed E-state index contributed by atoms with van der Waals surface area (Å²) in [5, 5.41) is 12.7. The second-order valence-corrected chi connectivity index (χ2v) is 11.2. The normalized spacial score (nSPS) is 16.0. The molecule has 2 aromatic heterocycles. The minimum absolute atomic E-state index is 0.0316. The lowest BCUT2D eigenvalue weighted by atomic mass is 9.97. The Morgan fingerprint density at radius 1 is 0.902 bits per heavy atom. The SMILES string of the molecule is COc1cc(C(=O)N2CCC(c3nc(C(=O)N4CCN(c5ccc(C#N)cc5)CC4)cs3)CC2)nc2ccccc12. The van der Waals surface area contributed by atoms with E-state index in [4.69, 9.17) is 15.0 Å². The standard InChI is InChI=1S/C31H30N6O3S/c1-40-28-18-26(33-25-5-3-2-4-24(25)28)30(38)36-12-10-22(11-13-36)29-34-27(20-41-29)31(39)37-16-14-35(15-17-37)23-8-6-21(19-32)7-9-23/h2-9,18,20,22H,10-17H2,1H3. The van der Waals surface area contributed by atoms with E-state index in [1.807, 2.05) is 63.7 Å². The molecule has 10 heteroatoms. The fraction of sp³-hybridized carbons (Fsp3) is 0.323. The van der Waals surface area contributed by atoms with Crippen LogP contribution in [0.4, 0.5) is 5.69 Å². The van der Waals surface area contributed by atoms with Crippen LogP contribution in [0.1, 0.15) is 50.3 Å². The number of hydrogen-bond donors (Lipinski definition) is 0. The van der Waals surface area contributed by atoms with Crippen LogP contribution in [0.25, 0.3) is 10.9 Å². The van der Waals surface area contributed by atoms with Crippen molar-refractivity contribution in [3.63, 3.8) is 0 Å². The Labute approximate surface area is 242 Å². The van der Waals surface area contributed by atoms with Crippen molar-refractivity contribution in [2.75, 3.05) is 51.3 Å². The van der Waals surface area contributed by atoms with Crippen LogP contribution in [-0.2, 0) is 0 Å². The number of fused-ring (bicyclic) bond motifs is 1. The first kappa shape index (κ1) is 26.7. The number of benzene rings is 2. The maximum Gasteiger partial charge on any atom is 0.273 e. The molecular weight excluding hydrogens is 536 g/mol. The van der Waals surface area contributed by atoms with Crippen molar-refractivity contribution in [1.29, 1.82) is 5.26 Å². The Morgan fingerprint density at radius 2 is 1.59 bits per heavy atom. The topological polar surface area (TPSA) is 103 Å². The van der Waals surface area contributed by atoms with E-state index in [9.17, 15) is 9.59 Å². The summed E-state index contributed by atoms with van der Waals surface area (Å²) in [6.07, 6.45) is 1.59. The van der Waals surface area contributed by atoms with Gasteiger partial charge >= 0.3 is 0 Å². The zero-order chi connectivity index (χ0) is 28.3. The maximum absolute atomic E-state index is 13.3. The molecule has 208 valence electrons. The molecule has 2 fully saturated rings. The highest BCUT2D eigenvalue weighted by Gasteiger charge is 2.29. The highest BCUT2D eigenvalue weighted by molar-refractivity contribution is 7.09. The van der Waals surface area contributed by atoms with Crippen LogP contribution in [0, 0.1) is 11.3 Å². The molecule has 0 N–H and O–H groups in total. The molecule has 0 spiro atoms. The number of rotatable bonds is 5. The number of carbonyl (C=O) groups excluding carboxylic acids is 2. The van der Waals surface area contributed by atoms with Crippen molar-refractivity contribution in [2.45, 2.75) is 18.8 Å². The first-order chi connectivity index (χ1) is 20.0. The summed E-state index contributed by atoms with van der Waals surface area (Å²) < 4.78 is 5.52. The number of piperazine rings is 1. The summed E-state index contributed by atoms with van der Waals surface area (Å²) in [6.45, 7) is 3.94. The lowest BCUT2D eigenvalue weighted by Gasteiger charge is -2.35. The summed E-state index contributed by atoms with van der Waals surface area (Å²) >= 11 is 1.53. The van der Waals surface area contributed by atoms with E-state index >= 15 is 0 Å². The number of likely N-dealkylation sites (tertiary alicyclic amines) is 1. The van der Waals surface area contributed by atoms with Gasteiger partial charge in [0.2, 0.25) is 0 Å². The van der Waals surface area contributed by atoms with Gasteiger partial charge in [-0.15, -0.1) is 11.3 Å². The number of thiazole rings is 1. The highest BCUT2D eigenvalue weighted by Crippen LogP contribution is 2.32. The van der Waals surface area contributed by atoms with Crippen molar-refractivity contribution < 1.29 is 14.3 Å². The van der Waals surface area contributed by atoms with Gasteiger partial charge in [0.25, 0.3) is 11.8 Å². The Kier molecular flexibility index (Phi) is 7.53. The molecule has 0 radical (unpaired) electrons. The third kappa shape index (κ3) is 5.45. The number of methoxy groups -OCH3 is 1. The zero-order valence-corrected chi connectivity index (χ0v) is 23.6. The van der Waals surface area contributed by atoms with E-state index < -0.39 is 0 Å². The second kappa shape index (κ2) is 11.6. The molecule has 9 nitrogen and oxygen atoms in total. The fourth-order valence-corrected chi connectivity index (χ4v) is 6.53. The minimum Gasteiger partial charge on any atom is -0.496 e. The number of aromatic nitrogens is 2. The van der Waals surface area contributed by atoms with Crippen molar-refractivity contribution >= 4 is 39.7 Å². The predicted octanol–water partition coefficient (Wildman–Crippen LogP) is 4.55. The quantitative estimate of drug-likeness (QED) is 0.349. The van der Waals surface area contributed by atoms with E-state index in [2.05, 4.69) is 16.0 Å². The van der Waals surface area contributed by atoms with Crippen LogP contribution in [0.5, 0.6) is 5.75 Å². The van der Waals surface area contributed by atoms with Crippen LogP contribution < -0.4 is 9.64 Å². The average Bonchev–Trinajstić information content (AvgIpc) is 3.54. The molecule has 4 heterocycles. The number of nitriles is 1. The largest absolute Gasteiger partial charge is 0.496 e. The van der Waals surface area contributed by atoms with Crippen LogP contribution in [-0.4, -0.2) is 78.0 Å². The molecule has 4 aromatic rings. The Morgan fingerprint density at radius 3 is 2.29 bits per heavy atom. The van der Waals surface area contributed by atoms with Gasteiger partial charge in [0.1, 0.15) is 17.1 Å². The number of pyridine rings is 1. The van der Waals surface area contributed by atoms with Crippen molar-refractivity contribution in [1.82, 2.24) is 19.8 Å². The summed E-state index contributed by atoms with van der Waals surface area (Å²) in [7, 11) is 1.60. The number of hydrogen-bond acceptors (Lipinski definition) is 8. The molecule has 2 aliphatic heterocycles. The van der Waals surface area contributed by atoms with Gasteiger partial charge in [0.05, 0.1) is 29.3 Å². The Hall–Kier alpha value is -4.49. The van der Waals surface area contributed by atoms with Crippen LogP contribution in [0.2, 0.25) is 0 Å². The molecule has 2 aromatic carbocycles. The van der Waals surface area contributed by atoms with Crippen molar-refractivity contribution in [3.8, 4) is 11.8 Å². The van der Waals surface area contributed by atoms with Gasteiger partial charge in [-0.3, -0.25) is 9.59 Å². The number of para-hydroxylation sites is 1. The molecule has 2 aliphatic rings. The van der Waals surface area contributed by atoms with Crippen LogP contribution >= 0.6 is 11.3 Å². The van der Waals surface area contributed by atoms with E-state index in [0.717, 1.165) is 47.5 Å². The first-order valence-corrected chi connectivity index (χ1v) is 14.6. The molecule has 0 bridgehead atoms. The lowest BCUT2D eigenvalue weighted by molar-refractivity contribution is 0.0707. The number of nitrogens with zero attached hydrogens (tertiary/aromatic N) is 6. The van der Waals surface area contributed by atoms with Crippen LogP contribution in [0.3, 0.4) is 0 Å². The van der Waals surface area contributed by atoms with Crippen molar-refractivity contribution in [2.24, 2.45) is 0 Å². The number of carbonyl (C=O) groups is 2. The van der Waals surface area contributed by atoms with Gasteiger partial charge in [-0.2, -0.15) is 5.26 Å². The van der Waals surface area contributed by atoms with E-state index in [1.54, 1.807) is 13.2 Å². The first-order valence-electron chi connectivity index (χ1n) is 13.8. The third-order valence-corrected chi connectivity index (χ3v) is 8.93. The van der Waals surface area contributed by atoms with Gasteiger partial charge in [-0.05, 0) is 49.2 Å². The molecular formula is C31H30N6O3S. The zero-order valence-electron chi connectivity index (χ0n) is 22.8. The maximum atomic E-state index is 13.3. The summed E-state index contributed by atoms with van der Waals surface area (Å²) in [5.74, 6) is 0.737.